The predicted molar refractivity (Wildman–Crippen MR) is 278 cm³/mol. The minimum Gasteiger partial charge on any atom is -0.455 e. The molecule has 0 fully saturated rings. The molecule has 0 saturated carbocycles. The largest absolute Gasteiger partial charge is 0.455 e. The van der Waals surface area contributed by atoms with Crippen LogP contribution in [0.25, 0.3) is 88.9 Å². The number of hydrogen-bond acceptors (Lipinski definition) is 1. The number of hydrogen-bond donors (Lipinski definition) is 0. The van der Waals surface area contributed by atoms with E-state index in [1.165, 1.54) is 71.8 Å². The number of aryl methyl sites for hydroxylation is 1. The molecule has 0 N–H and O–H groups in total. The van der Waals surface area contributed by atoms with Gasteiger partial charge < -0.3 is 4.42 Å². The van der Waals surface area contributed by atoms with Crippen molar-refractivity contribution in [3.05, 3.63) is 187 Å². The van der Waals surface area contributed by atoms with Gasteiger partial charge in [-0.15, -0.1) is 0 Å². The summed E-state index contributed by atoms with van der Waals surface area (Å²) in [5, 5.41) is 6.15. The first-order valence-electron chi connectivity index (χ1n) is 24.0. The van der Waals surface area contributed by atoms with E-state index in [-0.39, 0.29) is 23.8 Å². The van der Waals surface area contributed by atoms with E-state index in [1.54, 1.807) is 0 Å². The summed E-state index contributed by atoms with van der Waals surface area (Å²) >= 11 is 0. The highest BCUT2D eigenvalue weighted by atomic mass is 28.3. The lowest BCUT2D eigenvalue weighted by atomic mass is 9.78. The lowest BCUT2D eigenvalue weighted by molar-refractivity contribution is -0.723. The van der Waals surface area contributed by atoms with E-state index < -0.39 is 8.07 Å². The standard InChI is InChI=1S/C61H57N3OSi/c1-37(2)51-34-43(40-18-10-9-11-19-40)35-52(38(3)4)58(51)64-59-45-21-13-12-20-41(45)28-32-54(59)63-39(5)57-49(46-22-14-15-23-47(46)53-33-29-44(36-62(53)57)66(6,7)8)30-26-42-27-31-50-48-24-16-17-25-55(48)65-60(50)56(42)61(63)64/h9-25,27-29,31-38,49,57H,5,26,30H2,1-4,6-8H3/q+2. The van der Waals surface area contributed by atoms with Crippen molar-refractivity contribution in [3.63, 3.8) is 0 Å². The van der Waals surface area contributed by atoms with Crippen LogP contribution in [0.1, 0.15) is 80.2 Å². The normalized spacial score (nSPS) is 16.0. The fourth-order valence-electron chi connectivity index (χ4n) is 11.6. The highest BCUT2D eigenvalue weighted by Gasteiger charge is 2.49. The molecule has 10 aromatic rings. The molecular weight excluding hydrogens is 819 g/mol. The molecule has 0 radical (unpaired) electrons. The Balaban J connectivity index is 1.30. The number of benzene rings is 7. The van der Waals surface area contributed by atoms with Crippen LogP contribution in [-0.2, 0) is 6.42 Å². The van der Waals surface area contributed by atoms with Gasteiger partial charge in [0.1, 0.15) is 16.8 Å². The van der Waals surface area contributed by atoms with Crippen LogP contribution in [0.15, 0.2) is 169 Å². The Labute approximate surface area is 389 Å². The highest BCUT2D eigenvalue weighted by Crippen LogP contribution is 2.49. The fourth-order valence-corrected chi connectivity index (χ4v) is 12.7. The SMILES string of the molecule is C=C1C2C(CCc3ccc4c(oc5ccccc54)c3-c3n(-c4c(C(C)C)cc(-c5ccccc5)cc4C(C)C)c4c5ccccc5ccc4[n+]31)c1ccccc1-c1ccc([Si](C)(C)C)c[n+]12. The van der Waals surface area contributed by atoms with Crippen LogP contribution in [-0.4, -0.2) is 12.6 Å². The second kappa shape index (κ2) is 15.1. The van der Waals surface area contributed by atoms with Crippen LogP contribution < -0.4 is 14.3 Å². The van der Waals surface area contributed by atoms with Crippen LogP contribution in [0.3, 0.4) is 0 Å². The number of pyridine rings is 1. The molecule has 5 heterocycles. The second-order valence-corrected chi connectivity index (χ2v) is 25.6. The minimum atomic E-state index is -1.72. The first kappa shape index (κ1) is 40.7. The molecule has 0 amide bonds. The Morgan fingerprint density at radius 3 is 2.14 bits per heavy atom. The van der Waals surface area contributed by atoms with Gasteiger partial charge in [-0.1, -0.05) is 150 Å². The van der Waals surface area contributed by atoms with Crippen molar-refractivity contribution in [2.24, 2.45) is 0 Å². The zero-order chi connectivity index (χ0) is 45.2. The van der Waals surface area contributed by atoms with Gasteiger partial charge in [0.25, 0.3) is 0 Å². The van der Waals surface area contributed by atoms with Crippen molar-refractivity contribution >= 4 is 62.7 Å². The summed E-state index contributed by atoms with van der Waals surface area (Å²) in [4.78, 5) is 0. The molecule has 5 heteroatoms. The molecule has 0 spiro atoms. The lowest BCUT2D eigenvalue weighted by Crippen LogP contribution is -2.56. The van der Waals surface area contributed by atoms with Crippen molar-refractivity contribution in [2.75, 3.05) is 0 Å². The zero-order valence-electron chi connectivity index (χ0n) is 39.2. The first-order chi connectivity index (χ1) is 32.0. The zero-order valence-corrected chi connectivity index (χ0v) is 40.2. The maximum atomic E-state index is 7.21. The van der Waals surface area contributed by atoms with Gasteiger partial charge in [0.2, 0.25) is 11.7 Å². The molecule has 0 bridgehead atoms. The van der Waals surface area contributed by atoms with Gasteiger partial charge >= 0.3 is 5.82 Å². The van der Waals surface area contributed by atoms with Crippen molar-refractivity contribution in [3.8, 4) is 39.5 Å². The number of rotatable bonds is 5. The Bertz CT molecular complexity index is 3590. The van der Waals surface area contributed by atoms with Gasteiger partial charge in [0.15, 0.2) is 28.5 Å². The first-order valence-corrected chi connectivity index (χ1v) is 27.5. The quantitative estimate of drug-likeness (QED) is 0.125. The summed E-state index contributed by atoms with van der Waals surface area (Å²) in [5.41, 5.74) is 18.0. The van der Waals surface area contributed by atoms with Crippen molar-refractivity contribution in [2.45, 2.75) is 84.0 Å². The van der Waals surface area contributed by atoms with E-state index in [9.17, 15) is 0 Å². The maximum Gasteiger partial charge on any atom is 0.304 e. The van der Waals surface area contributed by atoms with Crippen LogP contribution in [0, 0.1) is 0 Å². The molecule has 0 aliphatic carbocycles. The van der Waals surface area contributed by atoms with Crippen LogP contribution in [0.5, 0.6) is 0 Å². The maximum absolute atomic E-state index is 7.21. The van der Waals surface area contributed by atoms with Crippen LogP contribution >= 0.6 is 0 Å². The molecule has 2 unspecified atom stereocenters. The monoisotopic (exact) mass is 875 g/mol. The lowest BCUT2D eigenvalue weighted by Gasteiger charge is -2.31. The Hall–Kier alpha value is -6.82. The van der Waals surface area contributed by atoms with Crippen molar-refractivity contribution in [1.82, 2.24) is 4.57 Å². The summed E-state index contributed by atoms with van der Waals surface area (Å²) in [6.45, 7) is 22.2. The molecule has 0 saturated heterocycles. The third-order valence-electron chi connectivity index (χ3n) is 14.9. The molecule has 2 aliphatic rings. The Morgan fingerprint density at radius 1 is 0.682 bits per heavy atom. The molecular formula is C61H57N3OSi+2. The summed E-state index contributed by atoms with van der Waals surface area (Å²) in [5.74, 6) is 1.71. The Kier molecular flexibility index (Phi) is 9.31. The average Bonchev–Trinajstić information content (AvgIpc) is 3.89. The molecule has 12 rings (SSSR count). The van der Waals surface area contributed by atoms with E-state index in [0.717, 1.165) is 57.4 Å². The molecule has 2 atom stereocenters. The molecule has 66 heavy (non-hydrogen) atoms. The van der Waals surface area contributed by atoms with E-state index in [1.807, 2.05) is 0 Å². The Morgan fingerprint density at radius 2 is 1.38 bits per heavy atom. The van der Waals surface area contributed by atoms with Crippen molar-refractivity contribution in [1.29, 1.82) is 0 Å². The van der Waals surface area contributed by atoms with E-state index in [4.69, 9.17) is 11.0 Å². The third kappa shape index (κ3) is 6.09. The second-order valence-electron chi connectivity index (χ2n) is 20.5. The molecule has 7 aromatic carbocycles. The summed E-state index contributed by atoms with van der Waals surface area (Å²) < 4.78 is 15.1. The smallest absolute Gasteiger partial charge is 0.304 e. The summed E-state index contributed by atoms with van der Waals surface area (Å²) in [7, 11) is -1.72. The van der Waals surface area contributed by atoms with Gasteiger partial charge in [-0.05, 0) is 101 Å². The average molecular weight is 876 g/mol. The fraction of sp³-hybridized carbons (Fsp3) is 0.213. The number of allylic oxidation sites excluding steroid dienone is 1. The minimum absolute atomic E-state index is 0.0597. The van der Waals surface area contributed by atoms with Crippen LogP contribution in [0.2, 0.25) is 19.6 Å². The van der Waals surface area contributed by atoms with Crippen LogP contribution in [0.4, 0.5) is 0 Å². The van der Waals surface area contributed by atoms with Gasteiger partial charge in [0, 0.05) is 44.1 Å². The molecule has 3 aromatic heterocycles. The number of para-hydroxylation sites is 1. The van der Waals surface area contributed by atoms with E-state index >= 15 is 0 Å². The summed E-state index contributed by atoms with van der Waals surface area (Å²) in [6, 6.07) is 56.7. The highest BCUT2D eigenvalue weighted by molar-refractivity contribution is 6.88. The number of furan rings is 1. The topological polar surface area (TPSA) is 25.8 Å². The van der Waals surface area contributed by atoms with E-state index in [2.05, 4.69) is 219 Å². The van der Waals surface area contributed by atoms with Gasteiger partial charge in [0.05, 0.1) is 14.0 Å². The predicted octanol–water partition coefficient (Wildman–Crippen LogP) is 14.8. The third-order valence-corrected chi connectivity index (χ3v) is 16.9. The summed E-state index contributed by atoms with van der Waals surface area (Å²) in [6.07, 6.45) is 4.33. The number of aromatic nitrogens is 3. The van der Waals surface area contributed by atoms with Gasteiger partial charge in [-0.25, -0.2) is 0 Å². The number of nitrogens with zero attached hydrogens (tertiary/aromatic N) is 3. The number of imidazole rings is 1. The molecule has 4 nitrogen and oxygen atoms in total. The van der Waals surface area contributed by atoms with Crippen molar-refractivity contribution < 1.29 is 13.6 Å². The number of fused-ring (bicyclic) bond motifs is 17. The molecule has 324 valence electrons. The van der Waals surface area contributed by atoms with E-state index in [0.29, 0.717) is 0 Å². The van der Waals surface area contributed by atoms with Gasteiger partial charge in [-0.2, -0.15) is 13.7 Å². The van der Waals surface area contributed by atoms with Gasteiger partial charge in [-0.3, -0.25) is 0 Å². The molecule has 2 aliphatic heterocycles.